The van der Waals surface area contributed by atoms with Crippen molar-refractivity contribution in [2.24, 2.45) is 0 Å². The summed E-state index contributed by atoms with van der Waals surface area (Å²) in [5, 5.41) is 4.18. The highest BCUT2D eigenvalue weighted by molar-refractivity contribution is 4.83. The van der Waals surface area contributed by atoms with Crippen LogP contribution in [0.4, 0.5) is 0 Å². The van der Waals surface area contributed by atoms with Crippen LogP contribution in [-0.2, 0) is 0 Å². The molecule has 0 radical (unpaired) electrons. The first-order valence-electron chi connectivity index (χ1n) is 4.95. The van der Waals surface area contributed by atoms with Gasteiger partial charge in [0.15, 0.2) is 0 Å². The molecule has 2 heterocycles. The third kappa shape index (κ3) is 1.50. The van der Waals surface area contributed by atoms with Gasteiger partial charge in [0.2, 0.25) is 0 Å². The average molecular weight is 166 g/mol. The predicted octanol–water partition coefficient (Wildman–Crippen LogP) is 1.15. The van der Waals surface area contributed by atoms with Gasteiger partial charge in [-0.15, -0.1) is 0 Å². The highest BCUT2D eigenvalue weighted by Gasteiger charge is 2.17. The lowest BCUT2D eigenvalue weighted by Gasteiger charge is -2.28. The Morgan fingerprint density at radius 1 is 1.50 bits per heavy atom. The predicted molar refractivity (Wildman–Crippen MR) is 48.0 cm³/mol. The van der Waals surface area contributed by atoms with E-state index in [2.05, 4.69) is 17.0 Å². The first-order chi connectivity index (χ1) is 6.25. The molecule has 1 fully saturated rings. The molecule has 1 aliphatic rings. The van der Waals surface area contributed by atoms with Gasteiger partial charge in [0, 0.05) is 12.4 Å². The quantitative estimate of drug-likeness (QED) is 0.624. The molecule has 0 unspecified atom stereocenters. The van der Waals surface area contributed by atoms with E-state index in [0.29, 0.717) is 12.1 Å². The molecule has 2 rings (SSSR count). The average Bonchev–Trinajstić information content (AvgIpc) is 2.53. The van der Waals surface area contributed by atoms with Gasteiger partial charge in [0.05, 0.1) is 7.41 Å². The largest absolute Gasteiger partial charge is 0.306 e. The number of hydrogen-bond acceptors (Lipinski definition) is 2. The van der Waals surface area contributed by atoms with Gasteiger partial charge in [0.1, 0.15) is 0 Å². The van der Waals surface area contributed by atoms with Gasteiger partial charge < -0.3 is 4.90 Å². The monoisotopic (exact) mass is 166 g/mol. The van der Waals surface area contributed by atoms with E-state index in [1.807, 2.05) is 10.9 Å². The lowest BCUT2D eigenvalue weighted by Crippen LogP contribution is -2.31. The van der Waals surface area contributed by atoms with Crippen LogP contribution in [0.1, 0.15) is 20.3 Å². The number of rotatable bonds is 1. The highest BCUT2D eigenvalue weighted by Crippen LogP contribution is 2.19. The van der Waals surface area contributed by atoms with Gasteiger partial charge in [0.25, 0.3) is 0 Å². The number of piperidine rings is 1. The molecule has 0 bridgehead atoms. The SMILES string of the molecule is [2H]c1cnn(C2CCN(C)CC2)c1. The zero-order valence-corrected chi connectivity index (χ0v) is 7.40. The molecule has 3 heteroatoms. The van der Waals surface area contributed by atoms with Gasteiger partial charge in [-0.25, -0.2) is 0 Å². The standard InChI is InChI=1S/C9H15N3/c1-11-7-3-9(4-8-11)12-6-2-5-10-12/h2,5-6,9H,3-4,7-8H2,1H3/i2D. The summed E-state index contributed by atoms with van der Waals surface area (Å²) in [7, 11) is 2.15. The fourth-order valence-electron chi connectivity index (χ4n) is 1.70. The van der Waals surface area contributed by atoms with Gasteiger partial charge >= 0.3 is 0 Å². The molecule has 1 aromatic heterocycles. The molecule has 0 N–H and O–H groups in total. The molecule has 0 spiro atoms. The van der Waals surface area contributed by atoms with Crippen molar-refractivity contribution < 1.29 is 1.37 Å². The van der Waals surface area contributed by atoms with Crippen LogP contribution < -0.4 is 0 Å². The minimum atomic E-state index is 0.510. The van der Waals surface area contributed by atoms with E-state index in [9.17, 15) is 0 Å². The molecule has 1 aromatic rings. The Balaban J connectivity index is 2.02. The van der Waals surface area contributed by atoms with Crippen LogP contribution >= 0.6 is 0 Å². The summed E-state index contributed by atoms with van der Waals surface area (Å²) >= 11 is 0. The first kappa shape index (κ1) is 6.66. The third-order valence-corrected chi connectivity index (χ3v) is 2.53. The van der Waals surface area contributed by atoms with E-state index >= 15 is 0 Å². The molecule has 3 nitrogen and oxygen atoms in total. The highest BCUT2D eigenvalue weighted by atomic mass is 15.3. The van der Waals surface area contributed by atoms with Gasteiger partial charge in [-0.3, -0.25) is 4.68 Å². The van der Waals surface area contributed by atoms with Crippen LogP contribution in [0.3, 0.4) is 0 Å². The second-order valence-electron chi connectivity index (χ2n) is 3.45. The summed E-state index contributed by atoms with van der Waals surface area (Å²) < 4.78 is 9.32. The molecular formula is C9H15N3. The Labute approximate surface area is 74.4 Å². The van der Waals surface area contributed by atoms with Gasteiger partial charge in [-0.2, -0.15) is 5.10 Å². The summed E-state index contributed by atoms with van der Waals surface area (Å²) in [6.45, 7) is 2.27. The van der Waals surface area contributed by atoms with E-state index in [-0.39, 0.29) is 0 Å². The van der Waals surface area contributed by atoms with Crippen LogP contribution in [0.15, 0.2) is 18.4 Å². The molecular weight excluding hydrogens is 150 g/mol. The Morgan fingerprint density at radius 3 is 2.83 bits per heavy atom. The van der Waals surface area contributed by atoms with Crippen molar-refractivity contribution in [3.63, 3.8) is 0 Å². The van der Waals surface area contributed by atoms with E-state index < -0.39 is 0 Å². The van der Waals surface area contributed by atoms with Crippen molar-refractivity contribution >= 4 is 0 Å². The van der Waals surface area contributed by atoms with Crippen LogP contribution in [0.5, 0.6) is 0 Å². The van der Waals surface area contributed by atoms with Crippen molar-refractivity contribution in [3.8, 4) is 0 Å². The molecule has 0 atom stereocenters. The molecule has 1 aliphatic heterocycles. The lowest BCUT2D eigenvalue weighted by atomic mass is 10.1. The minimum absolute atomic E-state index is 0.510. The zero-order chi connectivity index (χ0) is 9.26. The third-order valence-electron chi connectivity index (χ3n) is 2.53. The summed E-state index contributed by atoms with van der Waals surface area (Å²) in [5.41, 5.74) is 0. The molecule has 1 saturated heterocycles. The Kier molecular flexibility index (Phi) is 1.82. The van der Waals surface area contributed by atoms with Crippen molar-refractivity contribution in [2.75, 3.05) is 20.1 Å². The fourth-order valence-corrected chi connectivity index (χ4v) is 1.70. The topological polar surface area (TPSA) is 21.1 Å². The van der Waals surface area contributed by atoms with E-state index in [1.54, 1.807) is 6.20 Å². The van der Waals surface area contributed by atoms with Gasteiger partial charge in [-0.1, -0.05) is 0 Å². The number of aromatic nitrogens is 2. The smallest absolute Gasteiger partial charge is 0.0656 e. The van der Waals surface area contributed by atoms with Crippen molar-refractivity contribution in [1.82, 2.24) is 14.7 Å². The Bertz CT molecular complexity index is 276. The van der Waals surface area contributed by atoms with Crippen molar-refractivity contribution in [1.29, 1.82) is 0 Å². The molecule has 0 aliphatic carbocycles. The number of nitrogens with zero attached hydrogens (tertiary/aromatic N) is 3. The normalized spacial score (nSPS) is 22.6. The van der Waals surface area contributed by atoms with Crippen LogP contribution in [-0.4, -0.2) is 34.8 Å². The second kappa shape index (κ2) is 3.27. The lowest BCUT2D eigenvalue weighted by molar-refractivity contribution is 0.212. The summed E-state index contributed by atoms with van der Waals surface area (Å²) in [5.74, 6) is 0. The van der Waals surface area contributed by atoms with Crippen LogP contribution in [0.2, 0.25) is 0 Å². The maximum absolute atomic E-state index is 7.38. The van der Waals surface area contributed by atoms with E-state index in [1.165, 1.54) is 0 Å². The van der Waals surface area contributed by atoms with Crippen molar-refractivity contribution in [3.05, 3.63) is 18.4 Å². The molecule has 12 heavy (non-hydrogen) atoms. The molecule has 0 amide bonds. The summed E-state index contributed by atoms with van der Waals surface area (Å²) in [6, 6.07) is 1.02. The summed E-state index contributed by atoms with van der Waals surface area (Å²) in [4.78, 5) is 2.33. The first-order valence-corrected chi connectivity index (χ1v) is 4.45. The maximum Gasteiger partial charge on any atom is 0.0656 e. The number of hydrogen-bond donors (Lipinski definition) is 0. The molecule has 66 valence electrons. The zero-order valence-electron chi connectivity index (χ0n) is 8.40. The summed E-state index contributed by atoms with van der Waals surface area (Å²) in [6.07, 6.45) is 5.73. The van der Waals surface area contributed by atoms with Gasteiger partial charge in [-0.05, 0) is 39.0 Å². The van der Waals surface area contributed by atoms with Crippen molar-refractivity contribution in [2.45, 2.75) is 18.9 Å². The Hall–Kier alpha value is -0.830. The fraction of sp³-hybridized carbons (Fsp3) is 0.667. The van der Waals surface area contributed by atoms with E-state index in [4.69, 9.17) is 1.37 Å². The molecule has 0 saturated carbocycles. The minimum Gasteiger partial charge on any atom is -0.306 e. The Morgan fingerprint density at radius 2 is 2.25 bits per heavy atom. The second-order valence-corrected chi connectivity index (χ2v) is 3.45. The maximum atomic E-state index is 7.38. The number of likely N-dealkylation sites (tertiary alicyclic amines) is 1. The van der Waals surface area contributed by atoms with Crippen LogP contribution in [0.25, 0.3) is 0 Å². The van der Waals surface area contributed by atoms with E-state index in [0.717, 1.165) is 25.9 Å². The molecule has 0 aromatic carbocycles. The van der Waals surface area contributed by atoms with Crippen LogP contribution in [0, 0.1) is 0 Å².